The van der Waals surface area contributed by atoms with E-state index in [-0.39, 0.29) is 0 Å². The molecule has 1 aromatic rings. The van der Waals surface area contributed by atoms with Gasteiger partial charge in [0.05, 0.1) is 6.61 Å². The average molecular weight is 127 g/mol. The van der Waals surface area contributed by atoms with E-state index in [1.165, 1.54) is 6.26 Å². The monoisotopic (exact) mass is 127 g/mol. The van der Waals surface area contributed by atoms with E-state index >= 15 is 0 Å². The number of nitrogens with zero attached hydrogens (tertiary/aromatic N) is 1. The van der Waals surface area contributed by atoms with Crippen molar-refractivity contribution in [2.24, 2.45) is 0 Å². The van der Waals surface area contributed by atoms with Crippen molar-refractivity contribution in [2.75, 3.05) is 6.61 Å². The zero-order valence-electron chi connectivity index (χ0n) is 5.55. The summed E-state index contributed by atoms with van der Waals surface area (Å²) >= 11 is 0. The predicted octanol–water partition coefficient (Wildman–Crippen LogP) is 1.38. The zero-order chi connectivity index (χ0) is 6.69. The summed E-state index contributed by atoms with van der Waals surface area (Å²) in [6.45, 7) is 4.42. The standard InChI is InChI=1S/C6H9NO2/c1-3-8-6-4-9-7-5(6)2/h4H,3H2,1-2H3. The van der Waals surface area contributed by atoms with Gasteiger partial charge in [0.2, 0.25) is 0 Å². The van der Waals surface area contributed by atoms with Crippen LogP contribution < -0.4 is 4.74 Å². The van der Waals surface area contributed by atoms with E-state index in [9.17, 15) is 0 Å². The summed E-state index contributed by atoms with van der Waals surface area (Å²) in [5.41, 5.74) is 0.803. The Bertz CT molecular complexity index is 183. The molecule has 0 aromatic carbocycles. The Balaban J connectivity index is 2.69. The summed E-state index contributed by atoms with van der Waals surface area (Å²) in [6.07, 6.45) is 1.50. The van der Waals surface area contributed by atoms with Crippen molar-refractivity contribution in [1.82, 2.24) is 5.16 Å². The molecule has 0 spiro atoms. The number of ether oxygens (including phenoxy) is 1. The SMILES string of the molecule is CCOc1conc1C. The van der Waals surface area contributed by atoms with Crippen LogP contribution in [0.4, 0.5) is 0 Å². The predicted molar refractivity (Wildman–Crippen MR) is 32.4 cm³/mol. The second kappa shape index (κ2) is 2.53. The molecule has 0 N–H and O–H groups in total. The molecule has 0 saturated carbocycles. The Labute approximate surface area is 53.6 Å². The summed E-state index contributed by atoms with van der Waals surface area (Å²) in [5, 5.41) is 3.64. The lowest BCUT2D eigenvalue weighted by Gasteiger charge is -1.95. The molecule has 0 fully saturated rings. The summed E-state index contributed by atoms with van der Waals surface area (Å²) in [7, 11) is 0. The molecule has 0 aliphatic rings. The average Bonchev–Trinajstić information content (AvgIpc) is 2.18. The minimum Gasteiger partial charge on any atom is -0.489 e. The Morgan fingerprint density at radius 3 is 3.00 bits per heavy atom. The normalized spacial score (nSPS) is 9.56. The fourth-order valence-electron chi connectivity index (χ4n) is 0.578. The molecule has 1 heterocycles. The van der Waals surface area contributed by atoms with Gasteiger partial charge in [0.25, 0.3) is 0 Å². The lowest BCUT2D eigenvalue weighted by molar-refractivity contribution is 0.332. The van der Waals surface area contributed by atoms with E-state index in [4.69, 9.17) is 4.74 Å². The van der Waals surface area contributed by atoms with E-state index in [0.717, 1.165) is 11.4 Å². The third-order valence-corrected chi connectivity index (χ3v) is 1.01. The molecule has 0 atom stereocenters. The smallest absolute Gasteiger partial charge is 0.181 e. The molecular weight excluding hydrogens is 118 g/mol. The molecule has 50 valence electrons. The Hall–Kier alpha value is -0.990. The second-order valence-corrected chi connectivity index (χ2v) is 1.70. The number of hydrogen-bond donors (Lipinski definition) is 0. The third-order valence-electron chi connectivity index (χ3n) is 1.01. The summed E-state index contributed by atoms with van der Waals surface area (Å²) in [6, 6.07) is 0. The van der Waals surface area contributed by atoms with Crippen LogP contribution in [-0.4, -0.2) is 11.8 Å². The maximum absolute atomic E-state index is 5.12. The lowest BCUT2D eigenvalue weighted by Crippen LogP contribution is -1.90. The van der Waals surface area contributed by atoms with Crippen LogP contribution in [0.15, 0.2) is 10.8 Å². The van der Waals surface area contributed by atoms with Gasteiger partial charge in [-0.25, -0.2) is 0 Å². The Morgan fingerprint density at radius 1 is 1.78 bits per heavy atom. The van der Waals surface area contributed by atoms with Crippen LogP contribution in [0, 0.1) is 6.92 Å². The van der Waals surface area contributed by atoms with Gasteiger partial charge >= 0.3 is 0 Å². The van der Waals surface area contributed by atoms with Crippen molar-refractivity contribution in [3.8, 4) is 5.75 Å². The zero-order valence-corrected chi connectivity index (χ0v) is 5.55. The second-order valence-electron chi connectivity index (χ2n) is 1.70. The van der Waals surface area contributed by atoms with Gasteiger partial charge in [-0.1, -0.05) is 5.16 Å². The van der Waals surface area contributed by atoms with Crippen LogP contribution >= 0.6 is 0 Å². The van der Waals surface area contributed by atoms with Crippen LogP contribution in [0.5, 0.6) is 5.75 Å². The maximum atomic E-state index is 5.12. The topological polar surface area (TPSA) is 35.3 Å². The van der Waals surface area contributed by atoms with Gasteiger partial charge in [-0.3, -0.25) is 0 Å². The first-order chi connectivity index (χ1) is 4.34. The van der Waals surface area contributed by atoms with Gasteiger partial charge in [-0.2, -0.15) is 0 Å². The highest BCUT2D eigenvalue weighted by atomic mass is 16.5. The molecule has 0 aliphatic carbocycles. The highest BCUT2D eigenvalue weighted by Gasteiger charge is 1.99. The maximum Gasteiger partial charge on any atom is 0.181 e. The molecule has 1 aromatic heterocycles. The first kappa shape index (κ1) is 6.13. The van der Waals surface area contributed by atoms with E-state index in [2.05, 4.69) is 9.68 Å². The molecule has 0 aliphatic heterocycles. The Morgan fingerprint density at radius 2 is 2.56 bits per heavy atom. The van der Waals surface area contributed by atoms with Crippen molar-refractivity contribution in [3.05, 3.63) is 12.0 Å². The highest BCUT2D eigenvalue weighted by Crippen LogP contribution is 2.13. The molecule has 3 nitrogen and oxygen atoms in total. The first-order valence-corrected chi connectivity index (χ1v) is 2.88. The van der Waals surface area contributed by atoms with Gasteiger partial charge in [0, 0.05) is 0 Å². The van der Waals surface area contributed by atoms with E-state index in [1.54, 1.807) is 0 Å². The van der Waals surface area contributed by atoms with E-state index in [1.807, 2.05) is 13.8 Å². The van der Waals surface area contributed by atoms with Crippen molar-refractivity contribution in [2.45, 2.75) is 13.8 Å². The number of rotatable bonds is 2. The fourth-order valence-corrected chi connectivity index (χ4v) is 0.578. The van der Waals surface area contributed by atoms with Crippen LogP contribution in [-0.2, 0) is 0 Å². The number of aryl methyl sites for hydroxylation is 1. The van der Waals surface area contributed by atoms with Gasteiger partial charge in [0.1, 0.15) is 5.69 Å². The molecule has 1 rings (SSSR count). The van der Waals surface area contributed by atoms with Crippen LogP contribution in [0.25, 0.3) is 0 Å². The molecule has 0 amide bonds. The van der Waals surface area contributed by atoms with E-state index in [0.29, 0.717) is 6.61 Å². The number of aromatic nitrogens is 1. The van der Waals surface area contributed by atoms with Gasteiger partial charge in [0.15, 0.2) is 12.0 Å². The summed E-state index contributed by atoms with van der Waals surface area (Å²) in [4.78, 5) is 0. The summed E-state index contributed by atoms with van der Waals surface area (Å²) in [5.74, 6) is 0.734. The van der Waals surface area contributed by atoms with Crippen LogP contribution in [0.2, 0.25) is 0 Å². The first-order valence-electron chi connectivity index (χ1n) is 2.88. The lowest BCUT2D eigenvalue weighted by atomic mass is 10.4. The van der Waals surface area contributed by atoms with Crippen molar-refractivity contribution in [3.63, 3.8) is 0 Å². The van der Waals surface area contributed by atoms with Crippen molar-refractivity contribution < 1.29 is 9.26 Å². The molecule has 9 heavy (non-hydrogen) atoms. The highest BCUT2D eigenvalue weighted by molar-refractivity contribution is 5.19. The van der Waals surface area contributed by atoms with Gasteiger partial charge < -0.3 is 9.26 Å². The molecular formula is C6H9NO2. The van der Waals surface area contributed by atoms with Crippen LogP contribution in [0.3, 0.4) is 0 Å². The molecule has 0 radical (unpaired) electrons. The fraction of sp³-hybridized carbons (Fsp3) is 0.500. The largest absolute Gasteiger partial charge is 0.489 e. The molecule has 0 unspecified atom stereocenters. The molecule has 3 heteroatoms. The molecule has 0 saturated heterocycles. The number of hydrogen-bond acceptors (Lipinski definition) is 3. The third kappa shape index (κ3) is 1.22. The van der Waals surface area contributed by atoms with E-state index < -0.39 is 0 Å². The minimum atomic E-state index is 0.655. The van der Waals surface area contributed by atoms with Crippen LogP contribution in [0.1, 0.15) is 12.6 Å². The van der Waals surface area contributed by atoms with Gasteiger partial charge in [-0.05, 0) is 13.8 Å². The quantitative estimate of drug-likeness (QED) is 0.602. The van der Waals surface area contributed by atoms with Gasteiger partial charge in [-0.15, -0.1) is 0 Å². The summed E-state index contributed by atoms with van der Waals surface area (Å²) < 4.78 is 9.74. The Kier molecular flexibility index (Phi) is 1.72. The van der Waals surface area contributed by atoms with Crippen molar-refractivity contribution >= 4 is 0 Å². The minimum absolute atomic E-state index is 0.655. The van der Waals surface area contributed by atoms with Crippen molar-refractivity contribution in [1.29, 1.82) is 0 Å². The molecule has 0 bridgehead atoms.